The smallest absolute Gasteiger partial charge is 0.0699 e. The van der Waals surface area contributed by atoms with Gasteiger partial charge in [-0.05, 0) is 13.8 Å². The van der Waals surface area contributed by atoms with Gasteiger partial charge in [0.2, 0.25) is 0 Å². The highest BCUT2D eigenvalue weighted by molar-refractivity contribution is 9.11. The van der Waals surface area contributed by atoms with Gasteiger partial charge in [0.25, 0.3) is 0 Å². The first-order valence-corrected chi connectivity index (χ1v) is 4.07. The molecule has 56 valence electrons. The zero-order valence-electron chi connectivity index (χ0n) is 6.13. The molecule has 10 heavy (non-hydrogen) atoms. The lowest BCUT2D eigenvalue weighted by molar-refractivity contribution is 0.0543. The molecule has 0 aromatic heterocycles. The molecule has 0 saturated heterocycles. The molecule has 1 unspecified atom stereocenters. The lowest BCUT2D eigenvalue weighted by Crippen LogP contribution is -2.28. The van der Waals surface area contributed by atoms with Gasteiger partial charge in [-0.3, -0.25) is 0 Å². The summed E-state index contributed by atoms with van der Waals surface area (Å²) in [6.07, 6.45) is 5.90. The summed E-state index contributed by atoms with van der Waals surface area (Å²) in [6.45, 7) is 3.62. The van der Waals surface area contributed by atoms with Gasteiger partial charge in [-0.15, -0.1) is 0 Å². The van der Waals surface area contributed by atoms with Gasteiger partial charge >= 0.3 is 0 Å². The van der Waals surface area contributed by atoms with Crippen molar-refractivity contribution in [2.75, 3.05) is 0 Å². The second-order valence-corrected chi connectivity index (χ2v) is 3.98. The second kappa shape index (κ2) is 2.51. The van der Waals surface area contributed by atoms with E-state index < -0.39 is 5.60 Å². The van der Waals surface area contributed by atoms with Gasteiger partial charge in [0, 0.05) is 10.4 Å². The molecule has 0 aliphatic heterocycles. The van der Waals surface area contributed by atoms with E-state index in [2.05, 4.69) is 15.9 Å². The predicted molar refractivity (Wildman–Crippen MR) is 45.9 cm³/mol. The van der Waals surface area contributed by atoms with E-state index in [1.165, 1.54) is 0 Å². The van der Waals surface area contributed by atoms with Gasteiger partial charge < -0.3 is 5.11 Å². The molecule has 0 amide bonds. The van der Waals surface area contributed by atoms with E-state index in [4.69, 9.17) is 0 Å². The summed E-state index contributed by atoms with van der Waals surface area (Å²) in [5.74, 6) is 0.132. The zero-order chi connectivity index (χ0) is 7.78. The van der Waals surface area contributed by atoms with Crippen molar-refractivity contribution < 1.29 is 5.11 Å². The Labute approximate surface area is 69.6 Å². The van der Waals surface area contributed by atoms with Crippen LogP contribution in [0.3, 0.4) is 0 Å². The van der Waals surface area contributed by atoms with Gasteiger partial charge in [0.15, 0.2) is 0 Å². The average Bonchev–Trinajstić information content (AvgIpc) is 2.11. The van der Waals surface area contributed by atoms with Crippen LogP contribution in [0.5, 0.6) is 0 Å². The van der Waals surface area contributed by atoms with E-state index in [0.717, 1.165) is 4.48 Å². The SMILES string of the molecule is CC(C)(O)C1C=CC=C1Br. The largest absolute Gasteiger partial charge is 0.389 e. The monoisotopic (exact) mass is 202 g/mol. The Balaban J connectivity index is 2.76. The minimum Gasteiger partial charge on any atom is -0.389 e. The molecule has 0 aromatic rings. The minimum absolute atomic E-state index is 0.132. The Bertz CT molecular complexity index is 186. The zero-order valence-corrected chi connectivity index (χ0v) is 7.72. The van der Waals surface area contributed by atoms with Crippen molar-refractivity contribution in [2.45, 2.75) is 19.4 Å². The molecular formula is C8H11BrO. The molecule has 0 fully saturated rings. The molecular weight excluding hydrogens is 192 g/mol. The number of aliphatic hydroxyl groups is 1. The maximum absolute atomic E-state index is 9.57. The van der Waals surface area contributed by atoms with Crippen LogP contribution in [0.15, 0.2) is 22.7 Å². The van der Waals surface area contributed by atoms with E-state index >= 15 is 0 Å². The first-order valence-electron chi connectivity index (χ1n) is 3.28. The third-order valence-electron chi connectivity index (χ3n) is 1.62. The third-order valence-corrected chi connectivity index (χ3v) is 2.37. The maximum Gasteiger partial charge on any atom is 0.0699 e. The fourth-order valence-electron chi connectivity index (χ4n) is 1.03. The fourth-order valence-corrected chi connectivity index (χ4v) is 1.89. The Morgan fingerprint density at radius 3 is 2.40 bits per heavy atom. The fraction of sp³-hybridized carbons (Fsp3) is 0.500. The quantitative estimate of drug-likeness (QED) is 0.692. The lowest BCUT2D eigenvalue weighted by Gasteiger charge is -2.24. The van der Waals surface area contributed by atoms with Crippen LogP contribution >= 0.6 is 15.9 Å². The lowest BCUT2D eigenvalue weighted by atomic mass is 9.93. The summed E-state index contributed by atoms with van der Waals surface area (Å²) in [5, 5.41) is 9.57. The number of rotatable bonds is 1. The van der Waals surface area contributed by atoms with Crippen LogP contribution in [-0.2, 0) is 0 Å². The van der Waals surface area contributed by atoms with Crippen LogP contribution in [0.4, 0.5) is 0 Å². The summed E-state index contributed by atoms with van der Waals surface area (Å²) in [5.41, 5.74) is -0.650. The van der Waals surface area contributed by atoms with Gasteiger partial charge in [0.05, 0.1) is 5.60 Å². The highest BCUT2D eigenvalue weighted by Gasteiger charge is 2.28. The summed E-state index contributed by atoms with van der Waals surface area (Å²) in [7, 11) is 0. The molecule has 1 atom stereocenters. The predicted octanol–water partition coefficient (Wildman–Crippen LogP) is 2.22. The van der Waals surface area contributed by atoms with Gasteiger partial charge in [-0.2, -0.15) is 0 Å². The van der Waals surface area contributed by atoms with E-state index in [9.17, 15) is 5.11 Å². The number of halogens is 1. The number of hydrogen-bond acceptors (Lipinski definition) is 1. The molecule has 0 heterocycles. The Hall–Kier alpha value is -0.0800. The minimum atomic E-state index is -0.650. The Morgan fingerprint density at radius 1 is 1.60 bits per heavy atom. The Kier molecular flexibility index (Phi) is 2.02. The van der Waals surface area contributed by atoms with E-state index in [-0.39, 0.29) is 5.92 Å². The van der Waals surface area contributed by atoms with Gasteiger partial charge in [0.1, 0.15) is 0 Å². The van der Waals surface area contributed by atoms with Crippen molar-refractivity contribution in [3.8, 4) is 0 Å². The standard InChI is InChI=1S/C8H11BrO/c1-8(2,10)6-4-3-5-7(6)9/h3-6,10H,1-2H3. The summed E-state index contributed by atoms with van der Waals surface area (Å²) in [6, 6.07) is 0. The topological polar surface area (TPSA) is 20.2 Å². The highest BCUT2D eigenvalue weighted by Crippen LogP contribution is 2.33. The molecule has 0 aromatic carbocycles. The van der Waals surface area contributed by atoms with E-state index in [1.807, 2.05) is 32.1 Å². The van der Waals surface area contributed by atoms with Crippen LogP contribution in [-0.4, -0.2) is 10.7 Å². The number of allylic oxidation sites excluding steroid dienone is 2. The molecule has 2 heteroatoms. The molecule has 1 N–H and O–H groups in total. The molecule has 0 radical (unpaired) electrons. The molecule has 1 rings (SSSR count). The molecule has 1 nitrogen and oxygen atoms in total. The van der Waals surface area contributed by atoms with Crippen molar-refractivity contribution in [3.05, 3.63) is 22.7 Å². The molecule has 0 saturated carbocycles. The Morgan fingerprint density at radius 2 is 2.20 bits per heavy atom. The third kappa shape index (κ3) is 1.50. The first-order chi connectivity index (χ1) is 4.52. The van der Waals surface area contributed by atoms with E-state index in [0.29, 0.717) is 0 Å². The summed E-state index contributed by atoms with van der Waals surface area (Å²) >= 11 is 3.38. The van der Waals surface area contributed by atoms with Gasteiger partial charge in [-0.1, -0.05) is 34.2 Å². The summed E-state index contributed by atoms with van der Waals surface area (Å²) in [4.78, 5) is 0. The van der Waals surface area contributed by atoms with Crippen molar-refractivity contribution in [1.29, 1.82) is 0 Å². The molecule has 0 bridgehead atoms. The van der Waals surface area contributed by atoms with Crippen molar-refractivity contribution in [1.82, 2.24) is 0 Å². The first kappa shape index (κ1) is 8.02. The normalized spacial score (nSPS) is 25.2. The van der Waals surface area contributed by atoms with Gasteiger partial charge in [-0.25, -0.2) is 0 Å². The van der Waals surface area contributed by atoms with Crippen LogP contribution in [0.2, 0.25) is 0 Å². The second-order valence-electron chi connectivity index (χ2n) is 3.07. The van der Waals surface area contributed by atoms with Crippen LogP contribution < -0.4 is 0 Å². The van der Waals surface area contributed by atoms with Crippen molar-refractivity contribution in [3.63, 3.8) is 0 Å². The molecule has 0 spiro atoms. The van der Waals surface area contributed by atoms with Crippen LogP contribution in [0, 0.1) is 5.92 Å². The summed E-state index contributed by atoms with van der Waals surface area (Å²) < 4.78 is 1.06. The molecule has 1 aliphatic rings. The van der Waals surface area contributed by atoms with Crippen LogP contribution in [0.1, 0.15) is 13.8 Å². The van der Waals surface area contributed by atoms with Crippen molar-refractivity contribution >= 4 is 15.9 Å². The molecule has 1 aliphatic carbocycles. The van der Waals surface area contributed by atoms with E-state index in [1.54, 1.807) is 0 Å². The number of hydrogen-bond donors (Lipinski definition) is 1. The van der Waals surface area contributed by atoms with Crippen molar-refractivity contribution in [2.24, 2.45) is 5.92 Å². The average molecular weight is 203 g/mol. The highest BCUT2D eigenvalue weighted by atomic mass is 79.9. The maximum atomic E-state index is 9.57. The van der Waals surface area contributed by atoms with Crippen LogP contribution in [0.25, 0.3) is 0 Å².